The van der Waals surface area contributed by atoms with Crippen LogP contribution in [-0.4, -0.2) is 46.0 Å². The molecule has 2 aromatic heterocycles. The van der Waals surface area contributed by atoms with Crippen molar-refractivity contribution < 1.29 is 0 Å². The molecule has 0 N–H and O–H groups in total. The quantitative estimate of drug-likeness (QED) is 0.386. The average Bonchev–Trinajstić information content (AvgIpc) is 3.27. The maximum atomic E-state index is 6.40. The van der Waals surface area contributed by atoms with Gasteiger partial charge >= 0.3 is 0 Å². The fourth-order valence-corrected chi connectivity index (χ4v) is 4.27. The van der Waals surface area contributed by atoms with E-state index in [1.54, 1.807) is 0 Å². The molecule has 0 fully saturated rings. The summed E-state index contributed by atoms with van der Waals surface area (Å²) in [6.07, 6.45) is 0. The second kappa shape index (κ2) is 8.36. The van der Waals surface area contributed by atoms with E-state index in [9.17, 15) is 0 Å². The van der Waals surface area contributed by atoms with E-state index >= 15 is 0 Å². The first-order valence-electron chi connectivity index (χ1n) is 10.4. The highest BCUT2D eigenvalue weighted by atomic mass is 35.5. The van der Waals surface area contributed by atoms with Crippen molar-refractivity contribution in [3.63, 3.8) is 0 Å². The summed E-state index contributed by atoms with van der Waals surface area (Å²) < 4.78 is 0. The van der Waals surface area contributed by atoms with Gasteiger partial charge in [-0.3, -0.25) is 10.0 Å². The molecule has 0 saturated carbocycles. The van der Waals surface area contributed by atoms with Crippen LogP contribution in [0.25, 0.3) is 33.2 Å². The molecule has 6 nitrogen and oxygen atoms in total. The molecule has 0 spiro atoms. The topological polar surface area (TPSA) is 42.1 Å². The Morgan fingerprint density at radius 3 is 1.37 bits per heavy atom. The zero-order valence-corrected chi connectivity index (χ0v) is 19.2. The van der Waals surface area contributed by atoms with Crippen molar-refractivity contribution in [3.05, 3.63) is 46.4 Å². The number of hydrogen-bond donors (Lipinski definition) is 0. The van der Waals surface area contributed by atoms with E-state index in [4.69, 9.17) is 33.4 Å². The molecule has 8 heteroatoms. The minimum absolute atomic E-state index is 0.680. The van der Waals surface area contributed by atoms with Crippen molar-refractivity contribution in [1.29, 1.82) is 0 Å². The summed E-state index contributed by atoms with van der Waals surface area (Å²) in [6.45, 7) is 11.8. The maximum absolute atomic E-state index is 6.40. The molecular formula is C22H26Cl2N6. The summed E-state index contributed by atoms with van der Waals surface area (Å²) in [5, 5.41) is 17.6. The van der Waals surface area contributed by atoms with Gasteiger partial charge in [0, 0.05) is 47.0 Å². The van der Waals surface area contributed by atoms with Crippen LogP contribution in [0.4, 0.5) is 0 Å². The lowest BCUT2D eigenvalue weighted by atomic mass is 10.1. The van der Waals surface area contributed by atoms with Crippen LogP contribution in [0.2, 0.25) is 10.0 Å². The normalized spacial score (nSPS) is 11.5. The molecule has 2 aromatic carbocycles. The van der Waals surface area contributed by atoms with Crippen LogP contribution >= 0.6 is 23.2 Å². The van der Waals surface area contributed by atoms with Crippen LogP contribution in [0.3, 0.4) is 0 Å². The lowest BCUT2D eigenvalue weighted by Crippen LogP contribution is -2.38. The second-order valence-corrected chi connectivity index (χ2v) is 7.95. The number of rotatable bonds is 7. The van der Waals surface area contributed by atoms with E-state index in [0.29, 0.717) is 10.0 Å². The summed E-state index contributed by atoms with van der Waals surface area (Å²) >= 11 is 12.8. The van der Waals surface area contributed by atoms with Gasteiger partial charge in [-0.25, -0.2) is 0 Å². The van der Waals surface area contributed by atoms with E-state index in [1.807, 2.05) is 46.0 Å². The van der Waals surface area contributed by atoms with E-state index in [0.717, 1.165) is 59.4 Å². The highest BCUT2D eigenvalue weighted by molar-refractivity contribution is 6.32. The van der Waals surface area contributed by atoms with E-state index < -0.39 is 0 Å². The van der Waals surface area contributed by atoms with Gasteiger partial charge in [0.2, 0.25) is 0 Å². The summed E-state index contributed by atoms with van der Waals surface area (Å²) in [5.74, 6) is 0. The van der Waals surface area contributed by atoms with Gasteiger partial charge in [-0.2, -0.15) is 19.8 Å². The molecule has 0 aliphatic heterocycles. The van der Waals surface area contributed by atoms with Gasteiger partial charge in [-0.15, -0.1) is 0 Å². The molecule has 30 heavy (non-hydrogen) atoms. The van der Waals surface area contributed by atoms with Gasteiger partial charge in [0.15, 0.2) is 0 Å². The Hall–Kier alpha value is -2.44. The molecule has 0 amide bonds. The third-order valence-corrected chi connectivity index (χ3v) is 5.92. The summed E-state index contributed by atoms with van der Waals surface area (Å²) in [7, 11) is 0. The number of benzene rings is 2. The molecule has 4 aromatic rings. The molecule has 0 radical (unpaired) electrons. The van der Waals surface area contributed by atoms with Crippen molar-refractivity contribution in [3.8, 4) is 11.4 Å². The van der Waals surface area contributed by atoms with Crippen molar-refractivity contribution in [2.75, 3.05) is 36.2 Å². The molecule has 0 aliphatic carbocycles. The van der Waals surface area contributed by atoms with Gasteiger partial charge in [0.1, 0.15) is 11.4 Å². The molecular weight excluding hydrogens is 419 g/mol. The van der Waals surface area contributed by atoms with Crippen molar-refractivity contribution in [2.24, 2.45) is 0 Å². The van der Waals surface area contributed by atoms with Crippen molar-refractivity contribution in [2.45, 2.75) is 27.7 Å². The second-order valence-electron chi connectivity index (χ2n) is 7.08. The third-order valence-electron chi connectivity index (χ3n) is 5.45. The van der Waals surface area contributed by atoms with Crippen LogP contribution in [0, 0.1) is 0 Å². The van der Waals surface area contributed by atoms with Gasteiger partial charge in [-0.1, -0.05) is 23.2 Å². The minimum Gasteiger partial charge on any atom is -0.297 e. The molecule has 4 rings (SSSR count). The summed E-state index contributed by atoms with van der Waals surface area (Å²) in [5.41, 5.74) is 3.72. The number of nitrogens with zero attached hydrogens (tertiary/aromatic N) is 6. The maximum Gasteiger partial charge on any atom is 0.121 e. The summed E-state index contributed by atoms with van der Waals surface area (Å²) in [6, 6.07) is 11.7. The Balaban J connectivity index is 2.16. The van der Waals surface area contributed by atoms with Gasteiger partial charge in [0.25, 0.3) is 0 Å². The highest BCUT2D eigenvalue weighted by Gasteiger charge is 2.25. The Bertz CT molecular complexity index is 1090. The van der Waals surface area contributed by atoms with Crippen LogP contribution in [0.5, 0.6) is 0 Å². The highest BCUT2D eigenvalue weighted by Crippen LogP contribution is 2.36. The number of fused-ring (bicyclic) bond motifs is 2. The van der Waals surface area contributed by atoms with Crippen molar-refractivity contribution in [1.82, 2.24) is 19.8 Å². The monoisotopic (exact) mass is 444 g/mol. The standard InChI is InChI=1S/C22H26Cl2N6/c1-5-27(6-2)29-21(17-13-15(23)9-11-19(17)25-29)22-18-14-16(24)10-12-20(18)26-30(22)28(7-3)8-4/h9-14H,5-8H2,1-4H3. The predicted octanol–water partition coefficient (Wildman–Crippen LogP) is 5.32. The van der Waals surface area contributed by atoms with Crippen LogP contribution in [0.15, 0.2) is 36.4 Å². The number of hydrogen-bond acceptors (Lipinski definition) is 4. The first kappa shape index (κ1) is 20.8. The first-order valence-corrected chi connectivity index (χ1v) is 11.1. The number of aromatic nitrogens is 4. The van der Waals surface area contributed by atoms with E-state index in [-0.39, 0.29) is 0 Å². The molecule has 0 saturated heterocycles. The lowest BCUT2D eigenvalue weighted by Gasteiger charge is -2.26. The molecule has 0 aliphatic rings. The zero-order valence-electron chi connectivity index (χ0n) is 17.7. The van der Waals surface area contributed by atoms with Gasteiger partial charge in [0.05, 0.1) is 11.0 Å². The molecule has 0 unspecified atom stereocenters. The molecule has 2 heterocycles. The predicted molar refractivity (Wildman–Crippen MR) is 127 cm³/mol. The Kier molecular flexibility index (Phi) is 5.80. The van der Waals surface area contributed by atoms with Crippen LogP contribution in [-0.2, 0) is 0 Å². The van der Waals surface area contributed by atoms with Gasteiger partial charge in [-0.05, 0) is 64.1 Å². The van der Waals surface area contributed by atoms with Crippen LogP contribution < -0.4 is 10.0 Å². The molecule has 0 bridgehead atoms. The largest absolute Gasteiger partial charge is 0.297 e. The van der Waals surface area contributed by atoms with E-state index in [2.05, 4.69) is 37.7 Å². The van der Waals surface area contributed by atoms with E-state index in [1.165, 1.54) is 0 Å². The fourth-order valence-electron chi connectivity index (χ4n) is 3.93. The minimum atomic E-state index is 0.680. The SMILES string of the molecule is CCN(CC)n1nc2ccc(Cl)cc2c1-c1c2cc(Cl)ccc2nn1N(CC)CC. The zero-order chi connectivity index (χ0) is 21.4. The Morgan fingerprint density at radius 2 is 1.03 bits per heavy atom. The Labute approximate surface area is 186 Å². The van der Waals surface area contributed by atoms with Crippen molar-refractivity contribution >= 4 is 45.0 Å². The lowest BCUT2D eigenvalue weighted by molar-refractivity contribution is 0.545. The first-order chi connectivity index (χ1) is 14.5. The Morgan fingerprint density at radius 1 is 0.667 bits per heavy atom. The average molecular weight is 445 g/mol. The summed E-state index contributed by atoms with van der Waals surface area (Å²) in [4.78, 5) is 4.00. The third kappa shape index (κ3) is 3.38. The molecule has 158 valence electrons. The van der Waals surface area contributed by atoms with Gasteiger partial charge < -0.3 is 0 Å². The molecule has 0 atom stereocenters. The number of halogens is 2. The van der Waals surface area contributed by atoms with Crippen LogP contribution in [0.1, 0.15) is 27.7 Å². The smallest absolute Gasteiger partial charge is 0.121 e. The fraction of sp³-hybridized carbons (Fsp3) is 0.364.